The van der Waals surface area contributed by atoms with E-state index in [0.717, 1.165) is 29.2 Å². The van der Waals surface area contributed by atoms with Gasteiger partial charge in [0.1, 0.15) is 5.75 Å². The zero-order valence-corrected chi connectivity index (χ0v) is 11.1. The largest absolute Gasteiger partial charge is 0.490 e. The number of aromatic nitrogens is 1. The van der Waals surface area contributed by atoms with Crippen LogP contribution in [0.5, 0.6) is 5.75 Å². The van der Waals surface area contributed by atoms with Gasteiger partial charge in [-0.15, -0.1) is 0 Å². The van der Waals surface area contributed by atoms with Gasteiger partial charge in [0, 0.05) is 24.0 Å². The van der Waals surface area contributed by atoms with Crippen molar-refractivity contribution >= 4 is 5.69 Å². The molecule has 1 aliphatic rings. The third-order valence-corrected chi connectivity index (χ3v) is 3.10. The van der Waals surface area contributed by atoms with E-state index >= 15 is 0 Å². The van der Waals surface area contributed by atoms with Crippen molar-refractivity contribution in [1.29, 1.82) is 0 Å². The molecule has 0 radical (unpaired) electrons. The predicted molar refractivity (Wildman–Crippen MR) is 77.5 cm³/mol. The molecule has 3 rings (SSSR count). The Hall–Kier alpha value is -2.03. The van der Waals surface area contributed by atoms with Gasteiger partial charge in [-0.2, -0.15) is 0 Å². The Morgan fingerprint density at radius 3 is 2.95 bits per heavy atom. The molecule has 1 saturated carbocycles. The van der Waals surface area contributed by atoms with Crippen LogP contribution in [0, 0.1) is 0 Å². The Morgan fingerprint density at radius 2 is 2.16 bits per heavy atom. The summed E-state index contributed by atoms with van der Waals surface area (Å²) in [5.41, 5.74) is 3.17. The monoisotopic (exact) mass is 254 g/mol. The zero-order chi connectivity index (χ0) is 13.1. The van der Waals surface area contributed by atoms with Gasteiger partial charge >= 0.3 is 0 Å². The van der Waals surface area contributed by atoms with E-state index in [1.54, 1.807) is 0 Å². The van der Waals surface area contributed by atoms with Crippen LogP contribution in [-0.2, 0) is 0 Å². The fraction of sp³-hybridized carbons (Fsp3) is 0.312. The van der Waals surface area contributed by atoms with Gasteiger partial charge in [-0.25, -0.2) is 0 Å². The summed E-state index contributed by atoms with van der Waals surface area (Å²) in [6, 6.07) is 12.2. The van der Waals surface area contributed by atoms with E-state index in [4.69, 9.17) is 4.74 Å². The van der Waals surface area contributed by atoms with Crippen LogP contribution in [0.3, 0.4) is 0 Å². The Bertz CT molecular complexity index is 564. The van der Waals surface area contributed by atoms with Crippen molar-refractivity contribution in [2.24, 2.45) is 0 Å². The minimum absolute atomic E-state index is 0.427. The number of pyridine rings is 1. The van der Waals surface area contributed by atoms with E-state index in [0.29, 0.717) is 6.10 Å². The summed E-state index contributed by atoms with van der Waals surface area (Å²) >= 11 is 0. The molecule has 1 aliphatic carbocycles. The molecule has 2 aromatic rings. The number of hydrogen-bond donors (Lipinski definition) is 1. The standard InChI is InChI=1S/C16H18N2O/c1-2-17-13-8-9-18-16(11-13)12-4-3-5-15(10-12)19-14-6-7-14/h3-5,8-11,14H,2,6-7H2,1H3,(H,17,18). The van der Waals surface area contributed by atoms with Gasteiger partial charge in [0.25, 0.3) is 0 Å². The topological polar surface area (TPSA) is 34.2 Å². The quantitative estimate of drug-likeness (QED) is 0.883. The van der Waals surface area contributed by atoms with E-state index < -0.39 is 0 Å². The molecule has 3 nitrogen and oxygen atoms in total. The molecule has 1 heterocycles. The second-order valence-corrected chi connectivity index (χ2v) is 4.81. The minimum atomic E-state index is 0.427. The molecule has 0 saturated heterocycles. The lowest BCUT2D eigenvalue weighted by atomic mass is 10.1. The molecule has 0 spiro atoms. The highest BCUT2D eigenvalue weighted by molar-refractivity contribution is 5.65. The number of hydrogen-bond acceptors (Lipinski definition) is 3. The number of rotatable bonds is 5. The van der Waals surface area contributed by atoms with Crippen molar-refractivity contribution in [3.8, 4) is 17.0 Å². The molecule has 3 heteroatoms. The Kier molecular flexibility index (Phi) is 3.36. The fourth-order valence-electron chi connectivity index (χ4n) is 2.01. The lowest BCUT2D eigenvalue weighted by Gasteiger charge is -2.08. The smallest absolute Gasteiger partial charge is 0.120 e. The summed E-state index contributed by atoms with van der Waals surface area (Å²) < 4.78 is 5.82. The van der Waals surface area contributed by atoms with Gasteiger partial charge < -0.3 is 10.1 Å². The fourth-order valence-corrected chi connectivity index (χ4v) is 2.01. The molecular formula is C16H18N2O. The van der Waals surface area contributed by atoms with Crippen molar-refractivity contribution < 1.29 is 4.74 Å². The summed E-state index contributed by atoms with van der Waals surface area (Å²) in [5.74, 6) is 0.940. The van der Waals surface area contributed by atoms with Crippen LogP contribution in [0.1, 0.15) is 19.8 Å². The SMILES string of the molecule is CCNc1ccnc(-c2cccc(OC3CC3)c2)c1. The molecule has 0 unspecified atom stereocenters. The third-order valence-electron chi connectivity index (χ3n) is 3.10. The highest BCUT2D eigenvalue weighted by Crippen LogP contribution is 2.29. The molecule has 98 valence electrons. The minimum Gasteiger partial charge on any atom is -0.490 e. The van der Waals surface area contributed by atoms with Crippen molar-refractivity contribution in [1.82, 2.24) is 4.98 Å². The Balaban J connectivity index is 1.85. The van der Waals surface area contributed by atoms with Crippen LogP contribution in [0.25, 0.3) is 11.3 Å². The van der Waals surface area contributed by atoms with Crippen LogP contribution in [-0.4, -0.2) is 17.6 Å². The molecule has 0 bridgehead atoms. The van der Waals surface area contributed by atoms with E-state index in [1.165, 1.54) is 12.8 Å². The number of ether oxygens (including phenoxy) is 1. The van der Waals surface area contributed by atoms with Crippen LogP contribution in [0.15, 0.2) is 42.6 Å². The first-order chi connectivity index (χ1) is 9.35. The maximum absolute atomic E-state index is 5.82. The van der Waals surface area contributed by atoms with Gasteiger partial charge in [0.2, 0.25) is 0 Å². The van der Waals surface area contributed by atoms with Gasteiger partial charge in [-0.05, 0) is 44.0 Å². The Labute approximate surface area is 113 Å². The van der Waals surface area contributed by atoms with Crippen molar-refractivity contribution in [2.45, 2.75) is 25.9 Å². The maximum Gasteiger partial charge on any atom is 0.120 e. The second-order valence-electron chi connectivity index (χ2n) is 4.81. The summed E-state index contributed by atoms with van der Waals surface area (Å²) in [7, 11) is 0. The Morgan fingerprint density at radius 1 is 1.26 bits per heavy atom. The average Bonchev–Trinajstić information content (AvgIpc) is 3.24. The normalized spacial score (nSPS) is 14.2. The highest BCUT2D eigenvalue weighted by atomic mass is 16.5. The molecular weight excluding hydrogens is 236 g/mol. The third kappa shape index (κ3) is 3.05. The molecule has 1 aromatic carbocycles. The molecule has 1 fully saturated rings. The molecule has 19 heavy (non-hydrogen) atoms. The maximum atomic E-state index is 5.82. The van der Waals surface area contributed by atoms with E-state index in [9.17, 15) is 0 Å². The van der Waals surface area contributed by atoms with E-state index in [1.807, 2.05) is 24.4 Å². The van der Waals surface area contributed by atoms with Gasteiger partial charge in [0.15, 0.2) is 0 Å². The van der Waals surface area contributed by atoms with Gasteiger partial charge in [-0.3, -0.25) is 4.98 Å². The molecule has 0 aliphatic heterocycles. The summed E-state index contributed by atoms with van der Waals surface area (Å²) in [4.78, 5) is 4.43. The summed E-state index contributed by atoms with van der Waals surface area (Å²) in [6.07, 6.45) is 4.62. The van der Waals surface area contributed by atoms with Crippen molar-refractivity contribution in [2.75, 3.05) is 11.9 Å². The molecule has 1 aromatic heterocycles. The molecule has 0 amide bonds. The summed E-state index contributed by atoms with van der Waals surface area (Å²) in [6.45, 7) is 3.00. The number of benzene rings is 1. The highest BCUT2D eigenvalue weighted by Gasteiger charge is 2.23. The number of nitrogens with one attached hydrogen (secondary N) is 1. The van der Waals surface area contributed by atoms with Crippen LogP contribution < -0.4 is 10.1 Å². The van der Waals surface area contributed by atoms with Crippen molar-refractivity contribution in [3.05, 3.63) is 42.6 Å². The average molecular weight is 254 g/mol. The van der Waals surface area contributed by atoms with Crippen molar-refractivity contribution in [3.63, 3.8) is 0 Å². The summed E-state index contributed by atoms with van der Waals surface area (Å²) in [5, 5.41) is 3.30. The number of anilines is 1. The van der Waals surface area contributed by atoms with Crippen LogP contribution >= 0.6 is 0 Å². The van der Waals surface area contributed by atoms with Crippen LogP contribution in [0.2, 0.25) is 0 Å². The second kappa shape index (κ2) is 5.31. The molecule has 0 atom stereocenters. The lowest BCUT2D eigenvalue weighted by molar-refractivity contribution is 0.303. The zero-order valence-electron chi connectivity index (χ0n) is 11.1. The molecule has 1 N–H and O–H groups in total. The number of nitrogens with zero attached hydrogens (tertiary/aromatic N) is 1. The van der Waals surface area contributed by atoms with Gasteiger partial charge in [-0.1, -0.05) is 12.1 Å². The van der Waals surface area contributed by atoms with Crippen LogP contribution in [0.4, 0.5) is 5.69 Å². The van der Waals surface area contributed by atoms with E-state index in [-0.39, 0.29) is 0 Å². The first-order valence-electron chi connectivity index (χ1n) is 6.82. The first-order valence-corrected chi connectivity index (χ1v) is 6.82. The van der Waals surface area contributed by atoms with E-state index in [2.05, 4.69) is 35.4 Å². The first kappa shape index (κ1) is 12.0. The predicted octanol–water partition coefficient (Wildman–Crippen LogP) is 3.72. The lowest BCUT2D eigenvalue weighted by Crippen LogP contribution is -1.98. The van der Waals surface area contributed by atoms with Gasteiger partial charge in [0.05, 0.1) is 11.8 Å².